The van der Waals surface area contributed by atoms with E-state index in [1.165, 1.54) is 0 Å². The maximum atomic E-state index is 11.8. The predicted molar refractivity (Wildman–Crippen MR) is 53.5 cm³/mol. The molecular formula is C9H14N4O2. The molecule has 0 radical (unpaired) electrons. The molecule has 0 aliphatic carbocycles. The highest BCUT2D eigenvalue weighted by Crippen LogP contribution is 2.16. The number of amides is 1. The summed E-state index contributed by atoms with van der Waals surface area (Å²) in [6.07, 6.45) is 2.17. The lowest BCUT2D eigenvalue weighted by Gasteiger charge is -2.30. The van der Waals surface area contributed by atoms with Gasteiger partial charge in [-0.15, -0.1) is 5.10 Å². The van der Waals surface area contributed by atoms with Crippen LogP contribution >= 0.6 is 0 Å². The van der Waals surface area contributed by atoms with E-state index in [9.17, 15) is 9.59 Å². The van der Waals surface area contributed by atoms with Gasteiger partial charge < -0.3 is 4.90 Å². The summed E-state index contributed by atoms with van der Waals surface area (Å²) >= 11 is 0. The van der Waals surface area contributed by atoms with Crippen LogP contribution in [0.4, 0.5) is 0 Å². The molecule has 1 saturated heterocycles. The van der Waals surface area contributed by atoms with E-state index >= 15 is 0 Å². The van der Waals surface area contributed by atoms with Gasteiger partial charge in [0.1, 0.15) is 0 Å². The monoisotopic (exact) mass is 210 g/mol. The number of hydrogen-bond acceptors (Lipinski definition) is 3. The maximum absolute atomic E-state index is 11.8. The molecule has 0 spiro atoms. The number of H-pyrrole nitrogens is 2. The molecule has 0 aromatic carbocycles. The third-order valence-electron chi connectivity index (χ3n) is 2.65. The zero-order valence-electron chi connectivity index (χ0n) is 8.62. The van der Waals surface area contributed by atoms with Crippen molar-refractivity contribution in [3.05, 3.63) is 16.3 Å². The van der Waals surface area contributed by atoms with E-state index < -0.39 is 5.69 Å². The van der Waals surface area contributed by atoms with Crippen molar-refractivity contribution in [3.8, 4) is 0 Å². The summed E-state index contributed by atoms with van der Waals surface area (Å²) in [6.45, 7) is 3.61. The number of aromatic nitrogens is 3. The Bertz CT molecular complexity index is 408. The molecule has 0 bridgehead atoms. The van der Waals surface area contributed by atoms with Gasteiger partial charge in [-0.25, -0.2) is 9.89 Å². The van der Waals surface area contributed by atoms with Crippen molar-refractivity contribution < 1.29 is 4.79 Å². The Balaban J connectivity index is 2.10. The van der Waals surface area contributed by atoms with E-state index in [0.29, 0.717) is 5.92 Å². The number of likely N-dealkylation sites (tertiary alicyclic amines) is 1. The number of aromatic amines is 2. The lowest BCUT2D eigenvalue weighted by molar-refractivity contribution is 0.0671. The molecule has 82 valence electrons. The molecular weight excluding hydrogens is 196 g/mol. The zero-order chi connectivity index (χ0) is 10.8. The first-order chi connectivity index (χ1) is 7.16. The van der Waals surface area contributed by atoms with Crippen LogP contribution in [0.2, 0.25) is 0 Å². The molecule has 2 N–H and O–H groups in total. The fraction of sp³-hybridized carbons (Fsp3) is 0.667. The molecule has 1 fully saturated rings. The normalized spacial score (nSPS) is 21.7. The van der Waals surface area contributed by atoms with Crippen molar-refractivity contribution in [3.63, 3.8) is 0 Å². The molecule has 1 aromatic heterocycles. The Hall–Kier alpha value is -1.59. The van der Waals surface area contributed by atoms with Gasteiger partial charge in [-0.2, -0.15) is 0 Å². The Kier molecular flexibility index (Phi) is 2.57. The number of hydrogen-bond donors (Lipinski definition) is 2. The summed E-state index contributed by atoms with van der Waals surface area (Å²) in [7, 11) is 0. The summed E-state index contributed by atoms with van der Waals surface area (Å²) in [5.74, 6) is 0.433. The van der Waals surface area contributed by atoms with Crippen molar-refractivity contribution >= 4 is 5.91 Å². The summed E-state index contributed by atoms with van der Waals surface area (Å²) in [6, 6.07) is 0. The smallest absolute Gasteiger partial charge is 0.336 e. The minimum absolute atomic E-state index is 0.106. The molecule has 1 aliphatic heterocycles. The Morgan fingerprint density at radius 3 is 3.00 bits per heavy atom. The van der Waals surface area contributed by atoms with Gasteiger partial charge in [0.05, 0.1) is 0 Å². The number of nitrogens with zero attached hydrogens (tertiary/aromatic N) is 2. The topological polar surface area (TPSA) is 81.8 Å². The highest BCUT2D eigenvalue weighted by atomic mass is 16.2. The molecule has 6 heteroatoms. The number of nitrogens with one attached hydrogen (secondary N) is 2. The van der Waals surface area contributed by atoms with Gasteiger partial charge in [0.2, 0.25) is 5.82 Å². The van der Waals surface area contributed by atoms with Crippen LogP contribution in [0.5, 0.6) is 0 Å². The fourth-order valence-corrected chi connectivity index (χ4v) is 1.90. The van der Waals surface area contributed by atoms with E-state index in [-0.39, 0.29) is 11.7 Å². The second kappa shape index (κ2) is 3.88. The third kappa shape index (κ3) is 2.08. The second-order valence-corrected chi connectivity index (χ2v) is 4.02. The van der Waals surface area contributed by atoms with Crippen molar-refractivity contribution in [1.82, 2.24) is 20.1 Å². The van der Waals surface area contributed by atoms with Crippen LogP contribution in [0.15, 0.2) is 4.79 Å². The molecule has 2 rings (SSSR count). The minimum atomic E-state index is -0.441. The van der Waals surface area contributed by atoms with Crippen LogP contribution in [0.25, 0.3) is 0 Å². The zero-order valence-corrected chi connectivity index (χ0v) is 8.62. The van der Waals surface area contributed by atoms with Gasteiger partial charge in [0, 0.05) is 13.1 Å². The van der Waals surface area contributed by atoms with Crippen LogP contribution in [-0.4, -0.2) is 39.1 Å². The van der Waals surface area contributed by atoms with Crippen molar-refractivity contribution in [1.29, 1.82) is 0 Å². The van der Waals surface area contributed by atoms with Crippen LogP contribution in [0.1, 0.15) is 30.4 Å². The Morgan fingerprint density at radius 1 is 1.60 bits per heavy atom. The second-order valence-electron chi connectivity index (χ2n) is 4.02. The molecule has 0 saturated carbocycles. The van der Waals surface area contributed by atoms with E-state index in [0.717, 1.165) is 25.9 Å². The number of piperidine rings is 1. The average molecular weight is 210 g/mol. The molecule has 1 amide bonds. The molecule has 1 unspecified atom stereocenters. The first-order valence-corrected chi connectivity index (χ1v) is 5.11. The summed E-state index contributed by atoms with van der Waals surface area (Å²) in [5.41, 5.74) is -0.441. The van der Waals surface area contributed by atoms with E-state index in [4.69, 9.17) is 0 Å². The fourth-order valence-electron chi connectivity index (χ4n) is 1.90. The molecule has 15 heavy (non-hydrogen) atoms. The Labute approximate surface area is 86.7 Å². The van der Waals surface area contributed by atoms with Crippen molar-refractivity contribution in [2.45, 2.75) is 19.8 Å². The van der Waals surface area contributed by atoms with Crippen LogP contribution < -0.4 is 5.69 Å². The lowest BCUT2D eigenvalue weighted by atomic mass is 10.0. The summed E-state index contributed by atoms with van der Waals surface area (Å²) < 4.78 is 0. The molecule has 1 atom stereocenters. The van der Waals surface area contributed by atoms with Gasteiger partial charge >= 0.3 is 5.69 Å². The van der Waals surface area contributed by atoms with E-state index in [1.54, 1.807) is 4.90 Å². The Morgan fingerprint density at radius 2 is 2.40 bits per heavy atom. The van der Waals surface area contributed by atoms with Crippen LogP contribution in [0, 0.1) is 5.92 Å². The summed E-state index contributed by atoms with van der Waals surface area (Å²) in [5, 5.41) is 5.82. The highest BCUT2D eigenvalue weighted by Gasteiger charge is 2.23. The standard InChI is InChI=1S/C9H14N4O2/c1-6-3-2-4-13(5-6)8(14)7-10-9(15)12-11-7/h6H,2-5H2,1H3,(H2,10,11,12,15). The number of carbonyl (C=O) groups excluding carboxylic acids is 1. The first-order valence-electron chi connectivity index (χ1n) is 5.11. The van der Waals surface area contributed by atoms with Gasteiger partial charge in [-0.3, -0.25) is 9.78 Å². The predicted octanol–water partition coefficient (Wildman–Crippen LogP) is -0.0299. The first kappa shape index (κ1) is 9.95. The van der Waals surface area contributed by atoms with Crippen LogP contribution in [0.3, 0.4) is 0 Å². The third-order valence-corrected chi connectivity index (χ3v) is 2.65. The average Bonchev–Trinajstić information content (AvgIpc) is 2.64. The van der Waals surface area contributed by atoms with Crippen LogP contribution in [-0.2, 0) is 0 Å². The van der Waals surface area contributed by atoms with Gasteiger partial charge in [0.25, 0.3) is 5.91 Å². The molecule has 1 aliphatic rings. The summed E-state index contributed by atoms with van der Waals surface area (Å²) in [4.78, 5) is 26.7. The van der Waals surface area contributed by atoms with Gasteiger partial charge in [0.15, 0.2) is 0 Å². The maximum Gasteiger partial charge on any atom is 0.341 e. The highest BCUT2D eigenvalue weighted by molar-refractivity contribution is 5.90. The number of rotatable bonds is 1. The molecule has 6 nitrogen and oxygen atoms in total. The quantitative estimate of drug-likeness (QED) is 0.683. The van der Waals surface area contributed by atoms with Crippen molar-refractivity contribution in [2.75, 3.05) is 13.1 Å². The number of carbonyl (C=O) groups is 1. The van der Waals surface area contributed by atoms with E-state index in [1.807, 2.05) is 0 Å². The SMILES string of the molecule is CC1CCCN(C(=O)c2n[nH]c(=O)[nH]2)C1. The largest absolute Gasteiger partial charge is 0.341 e. The van der Waals surface area contributed by atoms with Gasteiger partial charge in [-0.1, -0.05) is 6.92 Å². The van der Waals surface area contributed by atoms with Gasteiger partial charge in [-0.05, 0) is 18.8 Å². The lowest BCUT2D eigenvalue weighted by Crippen LogP contribution is -2.39. The molecule has 1 aromatic rings. The van der Waals surface area contributed by atoms with E-state index in [2.05, 4.69) is 22.1 Å². The van der Waals surface area contributed by atoms with Crippen molar-refractivity contribution in [2.24, 2.45) is 5.92 Å². The minimum Gasteiger partial charge on any atom is -0.336 e. The molecule has 2 heterocycles.